The van der Waals surface area contributed by atoms with Gasteiger partial charge in [-0.25, -0.2) is 9.50 Å². The molecule has 0 aromatic carbocycles. The number of nitrogen functional groups attached to an aromatic ring is 1. The van der Waals surface area contributed by atoms with Crippen molar-refractivity contribution in [1.29, 1.82) is 0 Å². The predicted molar refractivity (Wildman–Crippen MR) is 116 cm³/mol. The summed E-state index contributed by atoms with van der Waals surface area (Å²) in [5.41, 5.74) is 4.99. The molecule has 4 aromatic rings. The Morgan fingerprint density at radius 1 is 1.21 bits per heavy atom. The Balaban J connectivity index is 1.60. The van der Waals surface area contributed by atoms with E-state index in [1.165, 1.54) is 24.7 Å². The van der Waals surface area contributed by atoms with Crippen molar-refractivity contribution in [1.82, 2.24) is 29.5 Å². The number of nitrogens with zero attached hydrogens (tertiary/aromatic N) is 6. The maximum atomic E-state index is 13.1. The second kappa shape index (κ2) is 8.94. The standard InChI is InChI=1S/C21H19F3N8O2/c1-31(2)11-12-3-4-13(9-27-12)34-15-5-7-26-10-14(15)28-20(33)17-18(25)30-32-8-6-16(21(22,23)24)29-19(17)32/h3-10H,11H2,1-2H3,(H2,25,30)(H,28,33). The molecule has 0 unspecified atom stereocenters. The van der Waals surface area contributed by atoms with Crippen LogP contribution in [0.25, 0.3) is 5.65 Å². The molecule has 0 aliphatic carbocycles. The van der Waals surface area contributed by atoms with Gasteiger partial charge in [-0.1, -0.05) is 0 Å². The van der Waals surface area contributed by atoms with E-state index < -0.39 is 17.8 Å². The molecule has 0 saturated carbocycles. The first-order chi connectivity index (χ1) is 16.1. The van der Waals surface area contributed by atoms with E-state index in [9.17, 15) is 18.0 Å². The van der Waals surface area contributed by atoms with E-state index in [0.29, 0.717) is 12.3 Å². The van der Waals surface area contributed by atoms with E-state index in [1.807, 2.05) is 19.0 Å². The molecule has 0 radical (unpaired) electrons. The number of alkyl halides is 3. The molecule has 4 rings (SSSR count). The number of hydrogen-bond acceptors (Lipinski definition) is 8. The second-order valence-electron chi connectivity index (χ2n) is 7.49. The largest absolute Gasteiger partial charge is 0.453 e. The molecule has 0 saturated heterocycles. The molecule has 0 aliphatic heterocycles. The zero-order chi connectivity index (χ0) is 24.5. The normalized spacial score (nSPS) is 11.7. The lowest BCUT2D eigenvalue weighted by Crippen LogP contribution is -2.15. The number of fused-ring (bicyclic) bond motifs is 1. The Morgan fingerprint density at radius 2 is 2.00 bits per heavy atom. The highest BCUT2D eigenvalue weighted by Crippen LogP contribution is 2.31. The first-order valence-corrected chi connectivity index (χ1v) is 9.87. The zero-order valence-corrected chi connectivity index (χ0v) is 18.0. The van der Waals surface area contributed by atoms with E-state index in [4.69, 9.17) is 10.5 Å². The number of hydrogen-bond donors (Lipinski definition) is 2. The highest BCUT2D eigenvalue weighted by Gasteiger charge is 2.34. The van der Waals surface area contributed by atoms with Gasteiger partial charge in [0.25, 0.3) is 5.91 Å². The Labute approximate surface area is 191 Å². The van der Waals surface area contributed by atoms with Crippen molar-refractivity contribution in [2.45, 2.75) is 12.7 Å². The molecular formula is C21H19F3N8O2. The molecule has 176 valence electrons. The fraction of sp³-hybridized carbons (Fsp3) is 0.190. The topological polar surface area (TPSA) is 124 Å². The third-order valence-corrected chi connectivity index (χ3v) is 4.56. The number of pyridine rings is 2. The molecule has 4 aromatic heterocycles. The number of carbonyl (C=O) groups excluding carboxylic acids is 1. The van der Waals surface area contributed by atoms with E-state index in [0.717, 1.165) is 22.5 Å². The highest BCUT2D eigenvalue weighted by molar-refractivity contribution is 6.12. The van der Waals surface area contributed by atoms with Crippen molar-refractivity contribution in [3.05, 3.63) is 66.0 Å². The van der Waals surface area contributed by atoms with Crippen molar-refractivity contribution in [2.24, 2.45) is 0 Å². The summed E-state index contributed by atoms with van der Waals surface area (Å²) in [6.45, 7) is 0.655. The van der Waals surface area contributed by atoms with Crippen LogP contribution in [0.3, 0.4) is 0 Å². The van der Waals surface area contributed by atoms with Crippen molar-refractivity contribution >= 4 is 23.1 Å². The van der Waals surface area contributed by atoms with E-state index in [1.54, 1.807) is 12.1 Å². The van der Waals surface area contributed by atoms with Gasteiger partial charge in [0.2, 0.25) is 0 Å². The van der Waals surface area contributed by atoms with Gasteiger partial charge < -0.3 is 20.7 Å². The first-order valence-electron chi connectivity index (χ1n) is 9.87. The number of aromatic nitrogens is 5. The second-order valence-corrected chi connectivity index (χ2v) is 7.49. The SMILES string of the molecule is CN(C)Cc1ccc(Oc2ccncc2NC(=O)c2c(N)nn3ccc(C(F)(F)F)nc23)cn1. The van der Waals surface area contributed by atoms with Gasteiger partial charge in [0, 0.05) is 25.0 Å². The van der Waals surface area contributed by atoms with Crippen LogP contribution in [0, 0.1) is 0 Å². The van der Waals surface area contributed by atoms with Gasteiger partial charge in [-0.05, 0) is 32.3 Å². The molecule has 0 atom stereocenters. The summed E-state index contributed by atoms with van der Waals surface area (Å²) in [7, 11) is 3.85. The minimum absolute atomic E-state index is 0.163. The quantitative estimate of drug-likeness (QED) is 0.439. The number of anilines is 2. The number of halogens is 3. The molecule has 10 nitrogen and oxygen atoms in total. The summed E-state index contributed by atoms with van der Waals surface area (Å²) in [6, 6.07) is 5.79. The summed E-state index contributed by atoms with van der Waals surface area (Å²) < 4.78 is 46.1. The monoisotopic (exact) mass is 472 g/mol. The van der Waals surface area contributed by atoms with E-state index in [-0.39, 0.29) is 28.5 Å². The minimum atomic E-state index is -4.70. The molecule has 34 heavy (non-hydrogen) atoms. The van der Waals surface area contributed by atoms with Crippen molar-refractivity contribution in [3.63, 3.8) is 0 Å². The maximum Gasteiger partial charge on any atom is 0.433 e. The molecular weight excluding hydrogens is 453 g/mol. The fourth-order valence-electron chi connectivity index (χ4n) is 3.09. The van der Waals surface area contributed by atoms with Gasteiger partial charge in [-0.3, -0.25) is 14.8 Å². The van der Waals surface area contributed by atoms with Crippen molar-refractivity contribution in [3.8, 4) is 11.5 Å². The fourth-order valence-corrected chi connectivity index (χ4v) is 3.09. The zero-order valence-electron chi connectivity index (χ0n) is 18.0. The van der Waals surface area contributed by atoms with Crippen LogP contribution >= 0.6 is 0 Å². The predicted octanol–water partition coefficient (Wildman–Crippen LogP) is 3.23. The van der Waals surface area contributed by atoms with Crippen LogP contribution < -0.4 is 15.8 Å². The summed E-state index contributed by atoms with van der Waals surface area (Å²) in [5, 5.41) is 6.42. The minimum Gasteiger partial charge on any atom is -0.453 e. The molecule has 0 spiro atoms. The van der Waals surface area contributed by atoms with Crippen molar-refractivity contribution < 1.29 is 22.7 Å². The lowest BCUT2D eigenvalue weighted by atomic mass is 10.2. The van der Waals surface area contributed by atoms with Gasteiger partial charge in [0.1, 0.15) is 22.7 Å². The van der Waals surface area contributed by atoms with Crippen LogP contribution in [-0.2, 0) is 12.7 Å². The molecule has 4 heterocycles. The van der Waals surface area contributed by atoms with Gasteiger partial charge in [0.05, 0.1) is 18.1 Å². The Hall–Kier alpha value is -4.26. The average molecular weight is 472 g/mol. The van der Waals surface area contributed by atoms with Crippen LogP contribution in [0.5, 0.6) is 11.5 Å². The molecule has 1 amide bonds. The van der Waals surface area contributed by atoms with E-state index >= 15 is 0 Å². The van der Waals surface area contributed by atoms with Crippen LogP contribution in [0.2, 0.25) is 0 Å². The van der Waals surface area contributed by atoms with Gasteiger partial charge in [0.15, 0.2) is 17.2 Å². The van der Waals surface area contributed by atoms with Crippen molar-refractivity contribution in [2.75, 3.05) is 25.1 Å². The van der Waals surface area contributed by atoms with E-state index in [2.05, 4.69) is 25.4 Å². The molecule has 3 N–H and O–H groups in total. The third-order valence-electron chi connectivity index (χ3n) is 4.56. The molecule has 0 aliphatic rings. The number of nitrogens with two attached hydrogens (primary N) is 1. The number of nitrogens with one attached hydrogen (secondary N) is 1. The van der Waals surface area contributed by atoms with Crippen LogP contribution in [0.15, 0.2) is 49.1 Å². The third kappa shape index (κ3) is 4.88. The Morgan fingerprint density at radius 3 is 2.68 bits per heavy atom. The van der Waals surface area contributed by atoms with Crippen LogP contribution in [-0.4, -0.2) is 49.5 Å². The summed E-state index contributed by atoms with van der Waals surface area (Å²) in [5.74, 6) is -0.450. The Bertz CT molecular complexity index is 1340. The number of ether oxygens (including phenoxy) is 1. The first kappa shape index (κ1) is 22.9. The molecule has 13 heteroatoms. The molecule has 0 bridgehead atoms. The lowest BCUT2D eigenvalue weighted by molar-refractivity contribution is -0.141. The van der Waals surface area contributed by atoms with Gasteiger partial charge in [-0.15, -0.1) is 5.10 Å². The number of amides is 1. The number of rotatable bonds is 6. The lowest BCUT2D eigenvalue weighted by Gasteiger charge is -2.12. The van der Waals surface area contributed by atoms with Gasteiger partial charge in [-0.2, -0.15) is 13.2 Å². The molecule has 0 fully saturated rings. The highest BCUT2D eigenvalue weighted by atomic mass is 19.4. The summed E-state index contributed by atoms with van der Waals surface area (Å²) >= 11 is 0. The van der Waals surface area contributed by atoms with Gasteiger partial charge >= 0.3 is 6.18 Å². The van der Waals surface area contributed by atoms with Crippen LogP contribution in [0.1, 0.15) is 21.7 Å². The maximum absolute atomic E-state index is 13.1. The Kier molecular flexibility index (Phi) is 6.03. The average Bonchev–Trinajstić information content (AvgIpc) is 3.10. The number of carbonyl (C=O) groups is 1. The van der Waals surface area contributed by atoms with Crippen LogP contribution in [0.4, 0.5) is 24.7 Å². The summed E-state index contributed by atoms with van der Waals surface area (Å²) in [4.78, 5) is 26.7. The smallest absolute Gasteiger partial charge is 0.433 e. The summed E-state index contributed by atoms with van der Waals surface area (Å²) in [6.07, 6.45) is 0.660.